The highest BCUT2D eigenvalue weighted by atomic mass is 16.2. The van der Waals surface area contributed by atoms with E-state index in [2.05, 4.69) is 10.6 Å². The van der Waals surface area contributed by atoms with Gasteiger partial charge in [0.2, 0.25) is 5.91 Å². The summed E-state index contributed by atoms with van der Waals surface area (Å²) < 4.78 is 1.62. The number of hydrogen-bond acceptors (Lipinski definition) is 3. The molecular weight excluding hydrogens is 220 g/mol. The van der Waals surface area contributed by atoms with Crippen LogP contribution in [0.5, 0.6) is 0 Å². The van der Waals surface area contributed by atoms with E-state index in [1.807, 2.05) is 6.92 Å². The summed E-state index contributed by atoms with van der Waals surface area (Å²) in [5.41, 5.74) is 6.52. The first kappa shape index (κ1) is 13.1. The van der Waals surface area contributed by atoms with Crippen LogP contribution in [-0.4, -0.2) is 29.0 Å². The van der Waals surface area contributed by atoms with Crippen LogP contribution in [0.2, 0.25) is 0 Å². The van der Waals surface area contributed by atoms with Crippen molar-refractivity contribution in [3.63, 3.8) is 0 Å². The standard InChI is InChI=1S/C11H18N4O2/c1-4-13-10(16)7(2)14-11(17)9-5-8(12)6-15(9)3/h5-7H,4,12H2,1-3H3,(H,13,16)(H,14,17). The van der Waals surface area contributed by atoms with Crippen LogP contribution in [0.15, 0.2) is 12.3 Å². The van der Waals surface area contributed by atoms with E-state index in [-0.39, 0.29) is 11.8 Å². The quantitative estimate of drug-likeness (QED) is 0.682. The molecular formula is C11H18N4O2. The van der Waals surface area contributed by atoms with Crippen molar-refractivity contribution in [1.29, 1.82) is 0 Å². The van der Waals surface area contributed by atoms with E-state index in [4.69, 9.17) is 5.73 Å². The zero-order chi connectivity index (χ0) is 13.0. The number of aromatic nitrogens is 1. The normalized spacial score (nSPS) is 11.9. The number of hydrogen-bond donors (Lipinski definition) is 3. The number of nitrogens with zero attached hydrogens (tertiary/aromatic N) is 1. The van der Waals surface area contributed by atoms with Gasteiger partial charge in [-0.2, -0.15) is 0 Å². The lowest BCUT2D eigenvalue weighted by atomic mass is 10.3. The summed E-state index contributed by atoms with van der Waals surface area (Å²) in [5.74, 6) is -0.522. The highest BCUT2D eigenvalue weighted by Gasteiger charge is 2.17. The molecule has 2 amide bonds. The first-order chi connectivity index (χ1) is 7.95. The molecule has 1 atom stereocenters. The Morgan fingerprint density at radius 2 is 2.18 bits per heavy atom. The van der Waals surface area contributed by atoms with Crippen molar-refractivity contribution >= 4 is 17.5 Å². The molecule has 0 aliphatic carbocycles. The minimum absolute atomic E-state index is 0.206. The number of nitrogens with two attached hydrogens (primary N) is 1. The fraction of sp³-hybridized carbons (Fsp3) is 0.455. The van der Waals surface area contributed by atoms with E-state index < -0.39 is 6.04 Å². The number of nitrogens with one attached hydrogen (secondary N) is 2. The van der Waals surface area contributed by atoms with Gasteiger partial charge < -0.3 is 20.9 Å². The number of carbonyl (C=O) groups excluding carboxylic acids is 2. The maximum atomic E-state index is 11.8. The Morgan fingerprint density at radius 3 is 2.65 bits per heavy atom. The summed E-state index contributed by atoms with van der Waals surface area (Å²) in [5, 5.41) is 5.24. The Balaban J connectivity index is 2.66. The monoisotopic (exact) mass is 238 g/mol. The molecule has 94 valence electrons. The number of aryl methyl sites for hydroxylation is 1. The molecule has 4 N–H and O–H groups in total. The van der Waals surface area contributed by atoms with Gasteiger partial charge in [0, 0.05) is 19.8 Å². The molecule has 1 rings (SSSR count). The van der Waals surface area contributed by atoms with Crippen molar-refractivity contribution in [3.8, 4) is 0 Å². The summed E-state index contributed by atoms with van der Waals surface area (Å²) in [6, 6.07) is 0.998. The predicted molar refractivity (Wildman–Crippen MR) is 65.4 cm³/mol. The average Bonchev–Trinajstić information content (AvgIpc) is 2.58. The lowest BCUT2D eigenvalue weighted by molar-refractivity contribution is -0.122. The summed E-state index contributed by atoms with van der Waals surface area (Å²) in [4.78, 5) is 23.3. The molecule has 1 aromatic heterocycles. The molecule has 1 heterocycles. The molecule has 1 aromatic rings. The summed E-state index contributed by atoms with van der Waals surface area (Å²) in [6.07, 6.45) is 1.64. The lowest BCUT2D eigenvalue weighted by Gasteiger charge is -2.13. The number of anilines is 1. The highest BCUT2D eigenvalue weighted by Crippen LogP contribution is 2.08. The molecule has 0 aliphatic rings. The van der Waals surface area contributed by atoms with E-state index >= 15 is 0 Å². The predicted octanol–water partition coefficient (Wildman–Crippen LogP) is -0.138. The van der Waals surface area contributed by atoms with Crippen molar-refractivity contribution in [1.82, 2.24) is 15.2 Å². The van der Waals surface area contributed by atoms with E-state index in [0.717, 1.165) is 0 Å². The number of amides is 2. The molecule has 0 bridgehead atoms. The first-order valence-electron chi connectivity index (χ1n) is 5.46. The van der Waals surface area contributed by atoms with Crippen molar-refractivity contribution in [2.45, 2.75) is 19.9 Å². The molecule has 1 unspecified atom stereocenters. The zero-order valence-corrected chi connectivity index (χ0v) is 10.3. The Bertz CT molecular complexity index is 425. The number of likely N-dealkylation sites (N-methyl/N-ethyl adjacent to an activating group) is 1. The molecule has 0 aliphatic heterocycles. The second kappa shape index (κ2) is 5.38. The van der Waals surface area contributed by atoms with E-state index in [0.29, 0.717) is 17.9 Å². The van der Waals surface area contributed by atoms with Crippen LogP contribution in [0.1, 0.15) is 24.3 Å². The molecule has 0 radical (unpaired) electrons. The van der Waals surface area contributed by atoms with Crippen LogP contribution in [0.25, 0.3) is 0 Å². The van der Waals surface area contributed by atoms with Gasteiger partial charge in [0.1, 0.15) is 11.7 Å². The molecule has 0 saturated carbocycles. The molecule has 6 nitrogen and oxygen atoms in total. The van der Waals surface area contributed by atoms with Gasteiger partial charge in [-0.15, -0.1) is 0 Å². The SMILES string of the molecule is CCNC(=O)C(C)NC(=O)c1cc(N)cn1C. The van der Waals surface area contributed by atoms with E-state index in [1.54, 1.807) is 30.8 Å². The third kappa shape index (κ3) is 3.24. The number of nitrogen functional groups attached to an aromatic ring is 1. The highest BCUT2D eigenvalue weighted by molar-refractivity contribution is 5.97. The maximum absolute atomic E-state index is 11.8. The molecule has 0 saturated heterocycles. The fourth-order valence-electron chi connectivity index (χ4n) is 1.48. The second-order valence-electron chi connectivity index (χ2n) is 3.86. The van der Waals surface area contributed by atoms with Crippen molar-refractivity contribution in [2.24, 2.45) is 7.05 Å². The van der Waals surface area contributed by atoms with Crippen LogP contribution in [0.3, 0.4) is 0 Å². The van der Waals surface area contributed by atoms with Gasteiger partial charge in [-0.25, -0.2) is 0 Å². The zero-order valence-electron chi connectivity index (χ0n) is 10.3. The topological polar surface area (TPSA) is 89.2 Å². The fourth-order valence-corrected chi connectivity index (χ4v) is 1.48. The lowest BCUT2D eigenvalue weighted by Crippen LogP contribution is -2.45. The van der Waals surface area contributed by atoms with Gasteiger partial charge in [-0.1, -0.05) is 0 Å². The van der Waals surface area contributed by atoms with Crippen LogP contribution >= 0.6 is 0 Å². The van der Waals surface area contributed by atoms with Gasteiger partial charge >= 0.3 is 0 Å². The number of rotatable bonds is 4. The van der Waals surface area contributed by atoms with Crippen LogP contribution in [-0.2, 0) is 11.8 Å². The minimum atomic E-state index is -0.571. The summed E-state index contributed by atoms with van der Waals surface area (Å²) >= 11 is 0. The van der Waals surface area contributed by atoms with Crippen LogP contribution in [0.4, 0.5) is 5.69 Å². The van der Waals surface area contributed by atoms with E-state index in [9.17, 15) is 9.59 Å². The first-order valence-corrected chi connectivity index (χ1v) is 5.46. The average molecular weight is 238 g/mol. The Labute approximate surface area is 100 Å². The third-order valence-electron chi connectivity index (χ3n) is 2.35. The third-order valence-corrected chi connectivity index (χ3v) is 2.35. The molecule has 17 heavy (non-hydrogen) atoms. The van der Waals surface area contributed by atoms with Crippen molar-refractivity contribution in [2.75, 3.05) is 12.3 Å². The van der Waals surface area contributed by atoms with Crippen LogP contribution < -0.4 is 16.4 Å². The molecule has 0 aromatic carbocycles. The molecule has 0 fully saturated rings. The summed E-state index contributed by atoms with van der Waals surface area (Å²) in [6.45, 7) is 4.00. The minimum Gasteiger partial charge on any atom is -0.397 e. The largest absolute Gasteiger partial charge is 0.397 e. The van der Waals surface area contributed by atoms with Gasteiger partial charge in [-0.3, -0.25) is 9.59 Å². The Hall–Kier alpha value is -1.98. The van der Waals surface area contributed by atoms with E-state index in [1.165, 1.54) is 0 Å². The van der Waals surface area contributed by atoms with Gasteiger partial charge in [0.05, 0.1) is 5.69 Å². The second-order valence-corrected chi connectivity index (χ2v) is 3.86. The maximum Gasteiger partial charge on any atom is 0.268 e. The van der Waals surface area contributed by atoms with Crippen molar-refractivity contribution < 1.29 is 9.59 Å². The van der Waals surface area contributed by atoms with Gasteiger partial charge in [0.15, 0.2) is 0 Å². The molecule has 6 heteroatoms. The Kier molecular flexibility index (Phi) is 4.14. The smallest absolute Gasteiger partial charge is 0.268 e. The van der Waals surface area contributed by atoms with Gasteiger partial charge in [-0.05, 0) is 19.9 Å². The summed E-state index contributed by atoms with van der Waals surface area (Å²) in [7, 11) is 1.72. The van der Waals surface area contributed by atoms with Crippen molar-refractivity contribution in [3.05, 3.63) is 18.0 Å². The van der Waals surface area contributed by atoms with Gasteiger partial charge in [0.25, 0.3) is 5.91 Å². The number of carbonyl (C=O) groups is 2. The Morgan fingerprint density at radius 1 is 1.53 bits per heavy atom. The van der Waals surface area contributed by atoms with Crippen LogP contribution in [0, 0.1) is 0 Å². The molecule has 0 spiro atoms.